The van der Waals surface area contributed by atoms with E-state index in [4.69, 9.17) is 4.74 Å². The van der Waals surface area contributed by atoms with Crippen molar-refractivity contribution in [2.75, 3.05) is 11.9 Å². The molecular weight excluding hydrogens is 369 g/mol. The predicted molar refractivity (Wildman–Crippen MR) is 99.6 cm³/mol. The van der Waals surface area contributed by atoms with E-state index in [9.17, 15) is 9.18 Å². The molecule has 0 aliphatic rings. The Balaban J connectivity index is 1.58. The number of fused-ring (bicyclic) bond motifs is 1. The molecule has 0 aliphatic heterocycles. The lowest BCUT2D eigenvalue weighted by Crippen LogP contribution is -2.11. The molecule has 136 valence electrons. The van der Waals surface area contributed by atoms with Crippen molar-refractivity contribution in [1.29, 1.82) is 0 Å². The standard InChI is InChI=1S/C18H14FN5O2S/c1-2-26-14-9-5-11(6-10-14)15-21-22-18-24(15)23-17(27-18)20-16(25)12-3-7-13(19)8-4-12/h3-10H,2H2,1H3,(H,20,23,25). The van der Waals surface area contributed by atoms with Gasteiger partial charge in [0.15, 0.2) is 5.82 Å². The number of benzene rings is 2. The second-order valence-electron chi connectivity index (χ2n) is 5.54. The second-order valence-corrected chi connectivity index (χ2v) is 6.50. The molecule has 0 atom stereocenters. The third kappa shape index (κ3) is 3.49. The summed E-state index contributed by atoms with van der Waals surface area (Å²) in [6, 6.07) is 12.7. The normalized spacial score (nSPS) is 10.9. The van der Waals surface area contributed by atoms with Crippen molar-refractivity contribution >= 4 is 27.3 Å². The van der Waals surface area contributed by atoms with E-state index in [1.54, 1.807) is 4.52 Å². The molecule has 9 heteroatoms. The Hall–Kier alpha value is -3.33. The smallest absolute Gasteiger partial charge is 0.257 e. The number of rotatable bonds is 5. The van der Waals surface area contributed by atoms with Crippen molar-refractivity contribution in [2.24, 2.45) is 0 Å². The number of aromatic nitrogens is 4. The van der Waals surface area contributed by atoms with Crippen LogP contribution in [0.4, 0.5) is 9.52 Å². The molecule has 0 unspecified atom stereocenters. The van der Waals surface area contributed by atoms with Gasteiger partial charge in [0.25, 0.3) is 5.91 Å². The van der Waals surface area contributed by atoms with Gasteiger partial charge in [-0.05, 0) is 55.5 Å². The van der Waals surface area contributed by atoms with E-state index >= 15 is 0 Å². The fourth-order valence-corrected chi connectivity index (χ4v) is 3.22. The fourth-order valence-electron chi connectivity index (χ4n) is 2.48. The quantitative estimate of drug-likeness (QED) is 0.569. The van der Waals surface area contributed by atoms with Crippen LogP contribution in [0.3, 0.4) is 0 Å². The van der Waals surface area contributed by atoms with E-state index < -0.39 is 5.82 Å². The SMILES string of the molecule is CCOc1ccc(-c2nnc3sc(NC(=O)c4ccc(F)cc4)nn23)cc1. The van der Waals surface area contributed by atoms with Crippen LogP contribution in [0.25, 0.3) is 16.3 Å². The molecule has 0 saturated carbocycles. The molecule has 0 aliphatic carbocycles. The zero-order valence-corrected chi connectivity index (χ0v) is 15.0. The molecule has 4 rings (SSSR count). The fraction of sp³-hybridized carbons (Fsp3) is 0.111. The van der Waals surface area contributed by atoms with Crippen LogP contribution >= 0.6 is 11.3 Å². The minimum Gasteiger partial charge on any atom is -0.494 e. The number of carbonyl (C=O) groups is 1. The number of anilines is 1. The highest BCUT2D eigenvalue weighted by molar-refractivity contribution is 7.20. The van der Waals surface area contributed by atoms with Gasteiger partial charge < -0.3 is 4.74 Å². The van der Waals surface area contributed by atoms with Crippen molar-refractivity contribution in [3.63, 3.8) is 0 Å². The van der Waals surface area contributed by atoms with Crippen molar-refractivity contribution < 1.29 is 13.9 Å². The highest BCUT2D eigenvalue weighted by Gasteiger charge is 2.15. The topological polar surface area (TPSA) is 81.4 Å². The first-order valence-electron chi connectivity index (χ1n) is 8.16. The van der Waals surface area contributed by atoms with Gasteiger partial charge in [0.05, 0.1) is 6.61 Å². The summed E-state index contributed by atoms with van der Waals surface area (Å²) >= 11 is 1.20. The zero-order valence-electron chi connectivity index (χ0n) is 14.2. The van der Waals surface area contributed by atoms with Crippen LogP contribution in [0.5, 0.6) is 5.75 Å². The molecule has 0 saturated heterocycles. The maximum atomic E-state index is 13.0. The van der Waals surface area contributed by atoms with Crippen LogP contribution in [0.1, 0.15) is 17.3 Å². The van der Waals surface area contributed by atoms with Gasteiger partial charge in [-0.3, -0.25) is 10.1 Å². The molecule has 1 amide bonds. The third-order valence-electron chi connectivity index (χ3n) is 3.74. The third-order valence-corrected chi connectivity index (χ3v) is 4.56. The average molecular weight is 383 g/mol. The van der Waals surface area contributed by atoms with Gasteiger partial charge >= 0.3 is 0 Å². The number of carbonyl (C=O) groups excluding carboxylic acids is 1. The van der Waals surface area contributed by atoms with E-state index in [0.29, 0.717) is 28.1 Å². The number of nitrogens with zero attached hydrogens (tertiary/aromatic N) is 4. The van der Waals surface area contributed by atoms with Gasteiger partial charge in [0.1, 0.15) is 11.6 Å². The van der Waals surface area contributed by atoms with Crippen molar-refractivity contribution in [3.8, 4) is 17.1 Å². The summed E-state index contributed by atoms with van der Waals surface area (Å²) in [6.45, 7) is 2.52. The summed E-state index contributed by atoms with van der Waals surface area (Å²) < 4.78 is 20.0. The maximum absolute atomic E-state index is 13.0. The molecule has 2 aromatic carbocycles. The van der Waals surface area contributed by atoms with E-state index in [1.165, 1.54) is 35.6 Å². The molecule has 0 bridgehead atoms. The van der Waals surface area contributed by atoms with Crippen LogP contribution in [0.2, 0.25) is 0 Å². The molecule has 2 heterocycles. The second kappa shape index (κ2) is 7.12. The lowest BCUT2D eigenvalue weighted by atomic mass is 10.2. The largest absolute Gasteiger partial charge is 0.494 e. The minimum atomic E-state index is -0.398. The number of hydrogen-bond donors (Lipinski definition) is 1. The molecular formula is C18H14FN5O2S. The average Bonchev–Trinajstić information content (AvgIpc) is 3.23. The summed E-state index contributed by atoms with van der Waals surface area (Å²) in [5.74, 6) is 0.562. The van der Waals surface area contributed by atoms with Gasteiger partial charge in [0, 0.05) is 11.1 Å². The Morgan fingerprint density at radius 1 is 1.15 bits per heavy atom. The molecule has 27 heavy (non-hydrogen) atoms. The Bertz CT molecular complexity index is 1090. The molecule has 0 spiro atoms. The van der Waals surface area contributed by atoms with E-state index in [2.05, 4.69) is 20.6 Å². The Morgan fingerprint density at radius 3 is 2.59 bits per heavy atom. The van der Waals surface area contributed by atoms with Gasteiger partial charge in [-0.2, -0.15) is 4.52 Å². The Labute approximate surface area is 157 Å². The van der Waals surface area contributed by atoms with Gasteiger partial charge in [0.2, 0.25) is 10.1 Å². The summed E-state index contributed by atoms with van der Waals surface area (Å²) in [4.78, 5) is 12.8. The van der Waals surface area contributed by atoms with E-state index in [1.807, 2.05) is 31.2 Å². The summed E-state index contributed by atoms with van der Waals surface area (Å²) in [5, 5.41) is 15.7. The first-order valence-corrected chi connectivity index (χ1v) is 8.98. The van der Waals surface area contributed by atoms with Crippen molar-refractivity contribution in [1.82, 2.24) is 19.8 Å². The van der Waals surface area contributed by atoms with Gasteiger partial charge in [-0.25, -0.2) is 4.39 Å². The van der Waals surface area contributed by atoms with Crippen LogP contribution in [0, 0.1) is 5.82 Å². The highest BCUT2D eigenvalue weighted by Crippen LogP contribution is 2.25. The summed E-state index contributed by atoms with van der Waals surface area (Å²) in [5.41, 5.74) is 1.17. The first-order chi connectivity index (χ1) is 13.1. The van der Waals surface area contributed by atoms with E-state index in [0.717, 1.165) is 11.3 Å². The monoisotopic (exact) mass is 383 g/mol. The Kier molecular flexibility index (Phi) is 4.51. The van der Waals surface area contributed by atoms with Crippen molar-refractivity contribution in [2.45, 2.75) is 6.92 Å². The molecule has 0 fully saturated rings. The number of amides is 1. The predicted octanol–water partition coefficient (Wildman–Crippen LogP) is 3.64. The highest BCUT2D eigenvalue weighted by atomic mass is 32.1. The van der Waals surface area contributed by atoms with Crippen LogP contribution in [-0.2, 0) is 0 Å². The minimum absolute atomic E-state index is 0.342. The molecule has 2 aromatic heterocycles. The first kappa shape index (κ1) is 17.1. The van der Waals surface area contributed by atoms with Gasteiger partial charge in [-0.1, -0.05) is 11.3 Å². The number of halogens is 1. The maximum Gasteiger partial charge on any atom is 0.257 e. The summed E-state index contributed by atoms with van der Waals surface area (Å²) in [6.07, 6.45) is 0. The van der Waals surface area contributed by atoms with E-state index in [-0.39, 0.29) is 5.91 Å². The number of hydrogen-bond acceptors (Lipinski definition) is 6. The Morgan fingerprint density at radius 2 is 1.89 bits per heavy atom. The van der Waals surface area contributed by atoms with Gasteiger partial charge in [-0.15, -0.1) is 15.3 Å². The molecule has 1 N–H and O–H groups in total. The van der Waals surface area contributed by atoms with Crippen LogP contribution in [0.15, 0.2) is 48.5 Å². The molecule has 0 radical (unpaired) electrons. The van der Waals surface area contributed by atoms with Crippen LogP contribution < -0.4 is 10.1 Å². The zero-order chi connectivity index (χ0) is 18.8. The van der Waals surface area contributed by atoms with Crippen molar-refractivity contribution in [3.05, 3.63) is 59.9 Å². The lowest BCUT2D eigenvalue weighted by molar-refractivity contribution is 0.102. The number of ether oxygens (including phenoxy) is 1. The van der Waals surface area contributed by atoms with Crippen LogP contribution in [-0.4, -0.2) is 32.3 Å². The lowest BCUT2D eigenvalue weighted by Gasteiger charge is -2.03. The summed E-state index contributed by atoms with van der Waals surface area (Å²) in [7, 11) is 0. The molecule has 4 aromatic rings. The molecule has 7 nitrogen and oxygen atoms in total. The number of nitrogens with one attached hydrogen (secondary N) is 1.